The zero-order valence-electron chi connectivity index (χ0n) is 8.84. The number of rotatable bonds is 3. The number of hydrogen-bond acceptors (Lipinski definition) is 3. The standard InChI is InChI=1S/C9H17N3O2S/c1-2-8(13)11-12-9(15)10-6-7-4-3-5-14-7/h7H,2-6H2,1H3,(H,11,13)(H2,10,12,15). The van der Waals surface area contributed by atoms with Crippen LogP contribution in [0.3, 0.4) is 0 Å². The second-order valence-electron chi connectivity index (χ2n) is 3.37. The Morgan fingerprint density at radius 2 is 2.33 bits per heavy atom. The Hall–Kier alpha value is -0.880. The van der Waals surface area contributed by atoms with Crippen LogP contribution in [0.25, 0.3) is 0 Å². The molecule has 15 heavy (non-hydrogen) atoms. The molecule has 1 aliphatic heterocycles. The topological polar surface area (TPSA) is 62.4 Å². The fraction of sp³-hybridized carbons (Fsp3) is 0.778. The lowest BCUT2D eigenvalue weighted by Gasteiger charge is -2.14. The van der Waals surface area contributed by atoms with Gasteiger partial charge in [0, 0.05) is 19.6 Å². The van der Waals surface area contributed by atoms with E-state index in [-0.39, 0.29) is 12.0 Å². The molecule has 0 radical (unpaired) electrons. The monoisotopic (exact) mass is 231 g/mol. The average molecular weight is 231 g/mol. The highest BCUT2D eigenvalue weighted by molar-refractivity contribution is 7.80. The predicted octanol–water partition coefficient (Wildman–Crippen LogP) is 0.0707. The van der Waals surface area contributed by atoms with E-state index in [1.165, 1.54) is 0 Å². The highest BCUT2D eigenvalue weighted by atomic mass is 32.1. The van der Waals surface area contributed by atoms with Crippen LogP contribution in [-0.2, 0) is 9.53 Å². The molecule has 86 valence electrons. The summed E-state index contributed by atoms with van der Waals surface area (Å²) >= 11 is 4.96. The highest BCUT2D eigenvalue weighted by Crippen LogP contribution is 2.10. The summed E-state index contributed by atoms with van der Waals surface area (Å²) in [6, 6.07) is 0. The van der Waals surface area contributed by atoms with Crippen LogP contribution in [-0.4, -0.2) is 30.3 Å². The summed E-state index contributed by atoms with van der Waals surface area (Å²) in [5, 5.41) is 3.41. The molecule has 0 aromatic carbocycles. The quantitative estimate of drug-likeness (QED) is 0.474. The van der Waals surface area contributed by atoms with Gasteiger partial charge in [0.15, 0.2) is 5.11 Å². The van der Waals surface area contributed by atoms with Crippen molar-refractivity contribution in [3.05, 3.63) is 0 Å². The van der Waals surface area contributed by atoms with Crippen molar-refractivity contribution in [2.45, 2.75) is 32.3 Å². The van der Waals surface area contributed by atoms with Crippen molar-refractivity contribution in [1.29, 1.82) is 0 Å². The Balaban J connectivity index is 2.05. The molecule has 1 heterocycles. The maximum absolute atomic E-state index is 10.9. The van der Waals surface area contributed by atoms with Gasteiger partial charge in [-0.2, -0.15) is 0 Å². The first-order valence-corrected chi connectivity index (χ1v) is 5.57. The highest BCUT2D eigenvalue weighted by Gasteiger charge is 2.15. The summed E-state index contributed by atoms with van der Waals surface area (Å²) in [4.78, 5) is 10.9. The van der Waals surface area contributed by atoms with E-state index in [2.05, 4.69) is 16.2 Å². The first-order valence-electron chi connectivity index (χ1n) is 5.16. The van der Waals surface area contributed by atoms with Crippen LogP contribution in [0, 0.1) is 0 Å². The number of hydrazine groups is 1. The van der Waals surface area contributed by atoms with Crippen LogP contribution in [0.2, 0.25) is 0 Å². The minimum Gasteiger partial charge on any atom is -0.376 e. The summed E-state index contributed by atoms with van der Waals surface area (Å²) in [6.07, 6.45) is 2.85. The van der Waals surface area contributed by atoms with Gasteiger partial charge in [0.25, 0.3) is 0 Å². The van der Waals surface area contributed by atoms with E-state index in [0.29, 0.717) is 18.1 Å². The zero-order chi connectivity index (χ0) is 11.1. The van der Waals surface area contributed by atoms with Crippen LogP contribution < -0.4 is 16.2 Å². The van der Waals surface area contributed by atoms with Gasteiger partial charge in [0.05, 0.1) is 6.10 Å². The summed E-state index contributed by atoms with van der Waals surface area (Å²) < 4.78 is 5.41. The van der Waals surface area contributed by atoms with Gasteiger partial charge in [-0.1, -0.05) is 6.92 Å². The molecule has 5 nitrogen and oxygen atoms in total. The third-order valence-electron chi connectivity index (χ3n) is 2.15. The molecule has 0 aromatic rings. The fourth-order valence-corrected chi connectivity index (χ4v) is 1.41. The van der Waals surface area contributed by atoms with Gasteiger partial charge in [-0.3, -0.25) is 15.6 Å². The number of hydrogen-bond donors (Lipinski definition) is 3. The van der Waals surface area contributed by atoms with E-state index in [1.54, 1.807) is 6.92 Å². The summed E-state index contributed by atoms with van der Waals surface area (Å²) in [5.41, 5.74) is 5.10. The van der Waals surface area contributed by atoms with Crippen LogP contribution >= 0.6 is 12.2 Å². The van der Waals surface area contributed by atoms with E-state index >= 15 is 0 Å². The first kappa shape index (κ1) is 12.2. The van der Waals surface area contributed by atoms with E-state index < -0.39 is 0 Å². The minimum atomic E-state index is -0.0868. The van der Waals surface area contributed by atoms with Gasteiger partial charge >= 0.3 is 0 Å². The Labute approximate surface area is 94.9 Å². The lowest BCUT2D eigenvalue weighted by molar-refractivity contribution is -0.121. The SMILES string of the molecule is CCC(=O)NNC(=S)NCC1CCCO1. The molecule has 1 aliphatic rings. The van der Waals surface area contributed by atoms with Gasteiger partial charge in [0.2, 0.25) is 5.91 Å². The molecule has 0 aromatic heterocycles. The zero-order valence-corrected chi connectivity index (χ0v) is 9.65. The molecule has 1 amide bonds. The van der Waals surface area contributed by atoms with Crippen LogP contribution in [0.15, 0.2) is 0 Å². The van der Waals surface area contributed by atoms with Crippen molar-refractivity contribution in [1.82, 2.24) is 16.2 Å². The molecule has 0 bridgehead atoms. The van der Waals surface area contributed by atoms with Crippen molar-refractivity contribution in [2.75, 3.05) is 13.2 Å². The average Bonchev–Trinajstić information content (AvgIpc) is 2.75. The fourth-order valence-electron chi connectivity index (χ4n) is 1.27. The van der Waals surface area contributed by atoms with E-state index in [4.69, 9.17) is 17.0 Å². The Bertz CT molecular complexity index is 229. The van der Waals surface area contributed by atoms with Crippen LogP contribution in [0.4, 0.5) is 0 Å². The number of amides is 1. The van der Waals surface area contributed by atoms with E-state index in [1.807, 2.05) is 0 Å². The second kappa shape index (κ2) is 6.58. The van der Waals surface area contributed by atoms with Gasteiger partial charge in [-0.15, -0.1) is 0 Å². The maximum atomic E-state index is 10.9. The number of ether oxygens (including phenoxy) is 1. The van der Waals surface area contributed by atoms with Crippen LogP contribution in [0.5, 0.6) is 0 Å². The lowest BCUT2D eigenvalue weighted by Crippen LogP contribution is -2.48. The molecular formula is C9H17N3O2S. The maximum Gasteiger partial charge on any atom is 0.238 e. The van der Waals surface area contributed by atoms with Crippen LogP contribution in [0.1, 0.15) is 26.2 Å². The Morgan fingerprint density at radius 3 is 2.93 bits per heavy atom. The molecule has 1 atom stereocenters. The third-order valence-corrected chi connectivity index (χ3v) is 2.40. The normalized spacial score (nSPS) is 19.7. The Kier molecular flexibility index (Phi) is 5.34. The van der Waals surface area contributed by atoms with E-state index in [9.17, 15) is 4.79 Å². The second-order valence-corrected chi connectivity index (χ2v) is 3.78. The third kappa shape index (κ3) is 4.94. The summed E-state index contributed by atoms with van der Waals surface area (Å²) in [7, 11) is 0. The van der Waals surface area contributed by atoms with Gasteiger partial charge in [-0.25, -0.2) is 0 Å². The molecule has 6 heteroatoms. The molecule has 0 spiro atoms. The molecule has 3 N–H and O–H groups in total. The van der Waals surface area contributed by atoms with Gasteiger partial charge in [-0.05, 0) is 25.1 Å². The van der Waals surface area contributed by atoms with Crippen molar-refractivity contribution < 1.29 is 9.53 Å². The van der Waals surface area contributed by atoms with Crippen molar-refractivity contribution >= 4 is 23.2 Å². The van der Waals surface area contributed by atoms with Crippen molar-refractivity contribution in [2.24, 2.45) is 0 Å². The lowest BCUT2D eigenvalue weighted by atomic mass is 10.2. The number of nitrogens with one attached hydrogen (secondary N) is 3. The molecule has 1 fully saturated rings. The number of thiocarbonyl (C=S) groups is 1. The van der Waals surface area contributed by atoms with Crippen molar-refractivity contribution in [3.8, 4) is 0 Å². The molecule has 0 aliphatic carbocycles. The van der Waals surface area contributed by atoms with Crippen molar-refractivity contribution in [3.63, 3.8) is 0 Å². The van der Waals surface area contributed by atoms with Gasteiger partial charge in [0.1, 0.15) is 0 Å². The first-order chi connectivity index (χ1) is 7.22. The summed E-state index contributed by atoms with van der Waals surface area (Å²) in [5.74, 6) is -0.0868. The molecule has 1 unspecified atom stereocenters. The smallest absolute Gasteiger partial charge is 0.238 e. The summed E-state index contributed by atoms with van der Waals surface area (Å²) in [6.45, 7) is 3.30. The van der Waals surface area contributed by atoms with E-state index in [0.717, 1.165) is 19.4 Å². The number of carbonyl (C=O) groups is 1. The largest absolute Gasteiger partial charge is 0.376 e. The molecule has 1 saturated heterocycles. The molecular weight excluding hydrogens is 214 g/mol. The Morgan fingerprint density at radius 1 is 1.53 bits per heavy atom. The number of carbonyl (C=O) groups excluding carboxylic acids is 1. The van der Waals surface area contributed by atoms with Gasteiger partial charge < -0.3 is 10.1 Å². The molecule has 0 saturated carbocycles. The minimum absolute atomic E-state index is 0.0868. The molecule has 1 rings (SSSR count). The predicted molar refractivity (Wildman–Crippen MR) is 61.1 cm³/mol.